The molecule has 1 aromatic carbocycles. The zero-order chi connectivity index (χ0) is 10.8. The number of benzene rings is 1. The van der Waals surface area contributed by atoms with Crippen LogP contribution in [0, 0.1) is 5.82 Å². The molecular weight excluding hydrogens is 191 g/mol. The molecule has 82 valence electrons. The second-order valence-corrected chi connectivity index (χ2v) is 4.24. The van der Waals surface area contributed by atoms with Crippen LogP contribution in [0.5, 0.6) is 0 Å². The van der Waals surface area contributed by atoms with E-state index in [1.165, 1.54) is 6.07 Å². The van der Waals surface area contributed by atoms with Gasteiger partial charge in [0.15, 0.2) is 0 Å². The molecule has 0 bridgehead atoms. The molecule has 0 unspecified atom stereocenters. The standard InChI is InChI=1S/C12H17FN2/c1-9-7-14-8-10(2)15(9)12-5-3-4-11(13)6-12/h3-6,9-10,14H,7-8H2,1-2H3/t9-,10+. The first-order chi connectivity index (χ1) is 7.18. The Morgan fingerprint density at radius 2 is 1.93 bits per heavy atom. The van der Waals surface area contributed by atoms with Gasteiger partial charge in [0.05, 0.1) is 0 Å². The van der Waals surface area contributed by atoms with Gasteiger partial charge in [0.2, 0.25) is 0 Å². The van der Waals surface area contributed by atoms with Crippen molar-refractivity contribution in [1.82, 2.24) is 5.32 Å². The predicted molar refractivity (Wildman–Crippen MR) is 60.7 cm³/mol. The van der Waals surface area contributed by atoms with Gasteiger partial charge in [-0.15, -0.1) is 0 Å². The highest BCUT2D eigenvalue weighted by atomic mass is 19.1. The fourth-order valence-corrected chi connectivity index (χ4v) is 2.28. The highest BCUT2D eigenvalue weighted by molar-refractivity contribution is 5.49. The minimum Gasteiger partial charge on any atom is -0.363 e. The van der Waals surface area contributed by atoms with Crippen molar-refractivity contribution < 1.29 is 4.39 Å². The van der Waals surface area contributed by atoms with Gasteiger partial charge in [-0.05, 0) is 32.0 Å². The molecule has 2 atom stereocenters. The summed E-state index contributed by atoms with van der Waals surface area (Å²) in [6.45, 7) is 6.24. The van der Waals surface area contributed by atoms with E-state index in [-0.39, 0.29) is 5.82 Å². The lowest BCUT2D eigenvalue weighted by molar-refractivity contribution is 0.431. The number of hydrogen-bond acceptors (Lipinski definition) is 2. The molecule has 0 radical (unpaired) electrons. The monoisotopic (exact) mass is 208 g/mol. The number of hydrogen-bond donors (Lipinski definition) is 1. The van der Waals surface area contributed by atoms with Crippen LogP contribution in [-0.2, 0) is 0 Å². The minimum absolute atomic E-state index is 0.162. The topological polar surface area (TPSA) is 15.3 Å². The van der Waals surface area contributed by atoms with Crippen LogP contribution in [0.4, 0.5) is 10.1 Å². The summed E-state index contributed by atoms with van der Waals surface area (Å²) in [7, 11) is 0. The maximum atomic E-state index is 13.1. The Hall–Kier alpha value is -1.09. The molecule has 1 N–H and O–H groups in total. The SMILES string of the molecule is C[C@@H]1CNC[C@H](C)N1c1cccc(F)c1. The fourth-order valence-electron chi connectivity index (χ4n) is 2.28. The zero-order valence-corrected chi connectivity index (χ0v) is 9.20. The first-order valence-corrected chi connectivity index (χ1v) is 5.43. The summed E-state index contributed by atoms with van der Waals surface area (Å²) < 4.78 is 13.1. The maximum absolute atomic E-state index is 13.1. The quantitative estimate of drug-likeness (QED) is 0.759. The first-order valence-electron chi connectivity index (χ1n) is 5.43. The maximum Gasteiger partial charge on any atom is 0.125 e. The van der Waals surface area contributed by atoms with Crippen molar-refractivity contribution in [2.45, 2.75) is 25.9 Å². The molecule has 2 nitrogen and oxygen atoms in total. The van der Waals surface area contributed by atoms with Crippen LogP contribution in [0.2, 0.25) is 0 Å². The van der Waals surface area contributed by atoms with Crippen molar-refractivity contribution in [2.75, 3.05) is 18.0 Å². The van der Waals surface area contributed by atoms with E-state index in [1.54, 1.807) is 12.1 Å². The van der Waals surface area contributed by atoms with Crippen LogP contribution in [0.15, 0.2) is 24.3 Å². The third kappa shape index (κ3) is 2.12. The highest BCUT2D eigenvalue weighted by Crippen LogP contribution is 2.22. The molecular formula is C12H17FN2. The fraction of sp³-hybridized carbons (Fsp3) is 0.500. The van der Waals surface area contributed by atoms with Crippen LogP contribution in [-0.4, -0.2) is 25.2 Å². The Kier molecular flexibility index (Phi) is 2.91. The number of nitrogens with zero attached hydrogens (tertiary/aromatic N) is 1. The van der Waals surface area contributed by atoms with Crippen LogP contribution < -0.4 is 10.2 Å². The van der Waals surface area contributed by atoms with Gasteiger partial charge in [-0.1, -0.05) is 6.07 Å². The van der Waals surface area contributed by atoms with Crippen molar-refractivity contribution in [3.63, 3.8) is 0 Å². The molecule has 2 rings (SSSR count). The number of anilines is 1. The first kappa shape index (κ1) is 10.4. The molecule has 15 heavy (non-hydrogen) atoms. The van der Waals surface area contributed by atoms with Crippen LogP contribution >= 0.6 is 0 Å². The average molecular weight is 208 g/mol. The lowest BCUT2D eigenvalue weighted by atomic mass is 10.1. The normalized spacial score (nSPS) is 26.7. The van der Waals surface area contributed by atoms with E-state index in [9.17, 15) is 4.39 Å². The molecule has 0 saturated carbocycles. The Balaban J connectivity index is 2.27. The summed E-state index contributed by atoms with van der Waals surface area (Å²) in [5.74, 6) is -0.162. The highest BCUT2D eigenvalue weighted by Gasteiger charge is 2.24. The summed E-state index contributed by atoms with van der Waals surface area (Å²) >= 11 is 0. The smallest absolute Gasteiger partial charge is 0.125 e. The number of piperazine rings is 1. The minimum atomic E-state index is -0.162. The molecule has 0 amide bonds. The van der Waals surface area contributed by atoms with Gasteiger partial charge in [0.1, 0.15) is 5.82 Å². The van der Waals surface area contributed by atoms with Gasteiger partial charge >= 0.3 is 0 Å². The van der Waals surface area contributed by atoms with Crippen LogP contribution in [0.3, 0.4) is 0 Å². The van der Waals surface area contributed by atoms with Crippen molar-refractivity contribution in [1.29, 1.82) is 0 Å². The number of halogens is 1. The molecule has 1 aliphatic heterocycles. The van der Waals surface area contributed by atoms with E-state index in [1.807, 2.05) is 6.07 Å². The number of rotatable bonds is 1. The van der Waals surface area contributed by atoms with Gasteiger partial charge < -0.3 is 10.2 Å². The van der Waals surface area contributed by atoms with E-state index < -0.39 is 0 Å². The molecule has 3 heteroatoms. The molecule has 1 saturated heterocycles. The van der Waals surface area contributed by atoms with Gasteiger partial charge in [-0.25, -0.2) is 4.39 Å². The van der Waals surface area contributed by atoms with Crippen molar-refractivity contribution >= 4 is 5.69 Å². The van der Waals surface area contributed by atoms with Gasteiger partial charge in [-0.2, -0.15) is 0 Å². The van der Waals surface area contributed by atoms with E-state index in [0.717, 1.165) is 18.8 Å². The second kappa shape index (κ2) is 4.19. The molecule has 0 spiro atoms. The lowest BCUT2D eigenvalue weighted by Gasteiger charge is -2.41. The third-order valence-corrected chi connectivity index (χ3v) is 2.94. The van der Waals surface area contributed by atoms with Gasteiger partial charge in [-0.3, -0.25) is 0 Å². The second-order valence-electron chi connectivity index (χ2n) is 4.24. The van der Waals surface area contributed by atoms with Crippen LogP contribution in [0.25, 0.3) is 0 Å². The summed E-state index contributed by atoms with van der Waals surface area (Å²) in [6.07, 6.45) is 0. The summed E-state index contributed by atoms with van der Waals surface area (Å²) in [5.41, 5.74) is 0.983. The number of nitrogens with one attached hydrogen (secondary N) is 1. The third-order valence-electron chi connectivity index (χ3n) is 2.94. The Morgan fingerprint density at radius 3 is 2.53 bits per heavy atom. The van der Waals surface area contributed by atoms with Gasteiger partial charge in [0, 0.05) is 30.9 Å². The summed E-state index contributed by atoms with van der Waals surface area (Å²) in [4.78, 5) is 2.28. The molecule has 1 fully saturated rings. The van der Waals surface area contributed by atoms with E-state index in [0.29, 0.717) is 12.1 Å². The predicted octanol–water partition coefficient (Wildman–Crippen LogP) is 2.01. The molecule has 0 aromatic heterocycles. The van der Waals surface area contributed by atoms with Crippen molar-refractivity contribution in [3.05, 3.63) is 30.1 Å². The van der Waals surface area contributed by atoms with Gasteiger partial charge in [0.25, 0.3) is 0 Å². The van der Waals surface area contributed by atoms with Crippen molar-refractivity contribution in [2.24, 2.45) is 0 Å². The molecule has 1 aliphatic rings. The Bertz CT molecular complexity index is 330. The summed E-state index contributed by atoms with van der Waals surface area (Å²) in [6, 6.07) is 7.67. The average Bonchev–Trinajstić information content (AvgIpc) is 2.17. The summed E-state index contributed by atoms with van der Waals surface area (Å²) in [5, 5.41) is 3.36. The van der Waals surface area contributed by atoms with Crippen LogP contribution in [0.1, 0.15) is 13.8 Å². The van der Waals surface area contributed by atoms with E-state index in [4.69, 9.17) is 0 Å². The Morgan fingerprint density at radius 1 is 1.27 bits per heavy atom. The lowest BCUT2D eigenvalue weighted by Crippen LogP contribution is -2.55. The molecule has 1 heterocycles. The van der Waals surface area contributed by atoms with E-state index >= 15 is 0 Å². The van der Waals surface area contributed by atoms with E-state index in [2.05, 4.69) is 24.1 Å². The largest absolute Gasteiger partial charge is 0.363 e. The molecule has 0 aliphatic carbocycles. The molecule has 1 aromatic rings. The zero-order valence-electron chi connectivity index (χ0n) is 9.20. The van der Waals surface area contributed by atoms with Crippen molar-refractivity contribution in [3.8, 4) is 0 Å². The Labute approximate surface area is 90.1 Å².